The average Bonchev–Trinajstić information content (AvgIpc) is 3.37. The molecule has 1 saturated carbocycles. The monoisotopic (exact) mass is 437 g/mol. The molecular weight excluding hydrogens is 418 g/mol. The lowest BCUT2D eigenvalue weighted by atomic mass is 10.1. The van der Waals surface area contributed by atoms with E-state index in [0.717, 1.165) is 29.0 Å². The second kappa shape index (κ2) is 7.59. The number of halogens is 1. The first kappa shape index (κ1) is 19.4. The Bertz CT molecular complexity index is 1460. The van der Waals surface area contributed by atoms with Crippen LogP contribution in [0.15, 0.2) is 40.2 Å². The molecule has 0 radical (unpaired) electrons. The summed E-state index contributed by atoms with van der Waals surface area (Å²) in [6.07, 6.45) is 5.37. The Morgan fingerprint density at radius 1 is 1.39 bits per heavy atom. The van der Waals surface area contributed by atoms with Gasteiger partial charge in [0.15, 0.2) is 11.1 Å². The van der Waals surface area contributed by atoms with E-state index in [-0.39, 0.29) is 11.6 Å². The minimum Gasteiger partial charge on any atom is -0.493 e. The SMILES string of the molecule is Cc1c(Cl)cccc1CNc1cc(=NC2CC2)n2ncc(=Cc3[nH]c(=O)[nH]c3O)c2n1. The summed E-state index contributed by atoms with van der Waals surface area (Å²) in [6.45, 7) is 2.54. The molecule has 0 saturated heterocycles. The molecule has 0 spiro atoms. The Kier molecular flexibility index (Phi) is 4.74. The molecular formula is C21H20ClN7O2. The number of benzene rings is 1. The molecule has 0 bridgehead atoms. The molecule has 3 heterocycles. The Balaban J connectivity index is 1.59. The van der Waals surface area contributed by atoms with Gasteiger partial charge in [-0.1, -0.05) is 23.7 Å². The highest BCUT2D eigenvalue weighted by Crippen LogP contribution is 2.23. The summed E-state index contributed by atoms with van der Waals surface area (Å²) >= 11 is 6.24. The Labute approximate surface area is 181 Å². The smallest absolute Gasteiger partial charge is 0.326 e. The molecule has 4 N–H and O–H groups in total. The van der Waals surface area contributed by atoms with Gasteiger partial charge < -0.3 is 15.4 Å². The van der Waals surface area contributed by atoms with E-state index in [4.69, 9.17) is 21.6 Å². The zero-order chi connectivity index (χ0) is 21.5. The third-order valence-corrected chi connectivity index (χ3v) is 5.63. The van der Waals surface area contributed by atoms with Crippen LogP contribution < -0.4 is 21.7 Å². The van der Waals surface area contributed by atoms with E-state index in [9.17, 15) is 9.90 Å². The van der Waals surface area contributed by atoms with E-state index < -0.39 is 5.69 Å². The topological polar surface area (TPSA) is 123 Å². The van der Waals surface area contributed by atoms with Crippen LogP contribution >= 0.6 is 11.6 Å². The maximum atomic E-state index is 11.4. The Hall–Kier alpha value is -3.59. The quantitative estimate of drug-likeness (QED) is 0.378. The first-order chi connectivity index (χ1) is 15.0. The molecule has 1 aliphatic carbocycles. The van der Waals surface area contributed by atoms with E-state index in [1.54, 1.807) is 16.8 Å². The van der Waals surface area contributed by atoms with Gasteiger partial charge in [0.05, 0.1) is 12.2 Å². The van der Waals surface area contributed by atoms with Gasteiger partial charge in [0.25, 0.3) is 0 Å². The van der Waals surface area contributed by atoms with Crippen molar-refractivity contribution >= 4 is 29.1 Å². The predicted molar refractivity (Wildman–Crippen MR) is 117 cm³/mol. The lowest BCUT2D eigenvalue weighted by Crippen LogP contribution is -2.20. The number of nitrogens with one attached hydrogen (secondary N) is 3. The lowest BCUT2D eigenvalue weighted by molar-refractivity contribution is 0.454. The number of nitrogens with zero attached hydrogens (tertiary/aromatic N) is 4. The van der Waals surface area contributed by atoms with Crippen LogP contribution in [0.1, 0.15) is 29.7 Å². The molecule has 31 heavy (non-hydrogen) atoms. The van der Waals surface area contributed by atoms with Crippen LogP contribution in [0.3, 0.4) is 0 Å². The highest BCUT2D eigenvalue weighted by molar-refractivity contribution is 6.31. The van der Waals surface area contributed by atoms with Gasteiger partial charge in [-0.05, 0) is 43.0 Å². The number of aromatic amines is 2. The molecule has 0 amide bonds. The van der Waals surface area contributed by atoms with Crippen molar-refractivity contribution in [1.82, 2.24) is 24.6 Å². The van der Waals surface area contributed by atoms with Crippen LogP contribution in [0.5, 0.6) is 5.88 Å². The van der Waals surface area contributed by atoms with Crippen LogP contribution in [-0.4, -0.2) is 35.7 Å². The van der Waals surface area contributed by atoms with Gasteiger partial charge in [-0.15, -0.1) is 0 Å². The molecule has 1 aromatic carbocycles. The molecule has 9 nitrogen and oxygen atoms in total. The van der Waals surface area contributed by atoms with Crippen LogP contribution in [0.25, 0.3) is 11.7 Å². The number of aromatic hydroxyl groups is 1. The number of imidazole rings is 1. The molecule has 158 valence electrons. The summed E-state index contributed by atoms with van der Waals surface area (Å²) < 4.78 is 1.67. The molecule has 0 unspecified atom stereocenters. The molecule has 3 aromatic heterocycles. The predicted octanol–water partition coefficient (Wildman–Crippen LogP) is 1.64. The van der Waals surface area contributed by atoms with E-state index >= 15 is 0 Å². The summed E-state index contributed by atoms with van der Waals surface area (Å²) in [5.74, 6) is 0.408. The fourth-order valence-electron chi connectivity index (χ4n) is 3.32. The van der Waals surface area contributed by atoms with Gasteiger partial charge in [0.2, 0.25) is 5.88 Å². The van der Waals surface area contributed by atoms with Gasteiger partial charge in [0, 0.05) is 22.9 Å². The maximum Gasteiger partial charge on any atom is 0.326 e. The van der Waals surface area contributed by atoms with Gasteiger partial charge in [-0.25, -0.2) is 9.78 Å². The van der Waals surface area contributed by atoms with Gasteiger partial charge >= 0.3 is 5.69 Å². The normalized spacial score (nSPS) is 15.2. The number of aromatic nitrogens is 5. The molecule has 10 heteroatoms. The summed E-state index contributed by atoms with van der Waals surface area (Å²) in [5.41, 5.74) is 3.13. The second-order valence-electron chi connectivity index (χ2n) is 7.56. The average molecular weight is 438 g/mol. The zero-order valence-corrected chi connectivity index (χ0v) is 17.4. The standard InChI is InChI=1S/C21H20ClN7O2/c1-11-12(3-2-4-15(11)22)9-23-17-8-18(25-14-5-6-14)29-19(27-17)13(10-24-29)7-16-20(30)28-21(31)26-16/h2-4,7-8,10,14,23,30H,5-6,9H2,1H3,(H2,26,28,31). The maximum absolute atomic E-state index is 11.4. The molecule has 0 atom stereocenters. The van der Waals surface area contributed by atoms with Crippen molar-refractivity contribution in [1.29, 1.82) is 0 Å². The molecule has 1 fully saturated rings. The van der Waals surface area contributed by atoms with E-state index in [0.29, 0.717) is 34.8 Å². The third-order valence-electron chi connectivity index (χ3n) is 5.22. The molecule has 1 aliphatic rings. The van der Waals surface area contributed by atoms with Crippen molar-refractivity contribution in [3.63, 3.8) is 0 Å². The number of anilines is 1. The largest absolute Gasteiger partial charge is 0.493 e. The third kappa shape index (κ3) is 3.91. The van der Waals surface area contributed by atoms with Gasteiger partial charge in [-0.3, -0.25) is 9.98 Å². The highest BCUT2D eigenvalue weighted by atomic mass is 35.5. The number of hydrogen-bond acceptors (Lipinski definition) is 6. The van der Waals surface area contributed by atoms with Crippen LogP contribution in [-0.2, 0) is 6.54 Å². The van der Waals surface area contributed by atoms with Crippen LogP contribution in [0.4, 0.5) is 5.82 Å². The summed E-state index contributed by atoms with van der Waals surface area (Å²) in [6, 6.07) is 7.98. The summed E-state index contributed by atoms with van der Waals surface area (Å²) in [7, 11) is 0. The molecule has 0 aliphatic heterocycles. The van der Waals surface area contributed by atoms with Crippen molar-refractivity contribution in [3.05, 3.63) is 73.5 Å². The minimum absolute atomic E-state index is 0.238. The highest BCUT2D eigenvalue weighted by Gasteiger charge is 2.20. The van der Waals surface area contributed by atoms with E-state index in [1.165, 1.54) is 0 Å². The van der Waals surface area contributed by atoms with E-state index in [2.05, 4.69) is 20.4 Å². The van der Waals surface area contributed by atoms with Gasteiger partial charge in [0.1, 0.15) is 11.5 Å². The Morgan fingerprint density at radius 2 is 2.23 bits per heavy atom. The summed E-state index contributed by atoms with van der Waals surface area (Å²) in [4.78, 5) is 25.8. The van der Waals surface area contributed by atoms with Crippen molar-refractivity contribution in [2.45, 2.75) is 32.4 Å². The zero-order valence-electron chi connectivity index (χ0n) is 16.7. The first-order valence-electron chi connectivity index (χ1n) is 9.91. The van der Waals surface area contributed by atoms with Crippen LogP contribution in [0.2, 0.25) is 5.02 Å². The molecule has 4 aromatic rings. The van der Waals surface area contributed by atoms with E-state index in [1.807, 2.05) is 31.2 Å². The fourth-order valence-corrected chi connectivity index (χ4v) is 3.51. The Morgan fingerprint density at radius 3 is 2.97 bits per heavy atom. The van der Waals surface area contributed by atoms with Crippen molar-refractivity contribution < 1.29 is 5.11 Å². The van der Waals surface area contributed by atoms with Gasteiger partial charge in [-0.2, -0.15) is 9.61 Å². The van der Waals surface area contributed by atoms with Crippen molar-refractivity contribution in [3.8, 4) is 5.88 Å². The van der Waals surface area contributed by atoms with Crippen LogP contribution in [0, 0.1) is 6.92 Å². The number of fused-ring (bicyclic) bond motifs is 1. The van der Waals surface area contributed by atoms with Crippen molar-refractivity contribution in [2.75, 3.05) is 5.32 Å². The second-order valence-corrected chi connectivity index (χ2v) is 7.97. The minimum atomic E-state index is -0.489. The lowest BCUT2D eigenvalue weighted by Gasteiger charge is -2.10. The number of hydrogen-bond donors (Lipinski definition) is 4. The molecule has 5 rings (SSSR count). The summed E-state index contributed by atoms with van der Waals surface area (Å²) in [5, 5.41) is 19.0. The number of rotatable bonds is 5. The fraction of sp³-hybridized carbons (Fsp3) is 0.238. The van der Waals surface area contributed by atoms with Crippen molar-refractivity contribution in [2.24, 2.45) is 4.99 Å². The number of H-pyrrole nitrogens is 2. The first-order valence-corrected chi connectivity index (χ1v) is 10.3.